The summed E-state index contributed by atoms with van der Waals surface area (Å²) in [7, 11) is -9.90. The van der Waals surface area contributed by atoms with Gasteiger partial charge in [0.2, 0.25) is 0 Å². The van der Waals surface area contributed by atoms with Gasteiger partial charge in [-0.3, -0.25) is 37.3 Å². The summed E-state index contributed by atoms with van der Waals surface area (Å²) in [5.74, 6) is 0.133. The van der Waals surface area contributed by atoms with Crippen molar-refractivity contribution >= 4 is 39.5 Å². The van der Waals surface area contributed by atoms with Crippen LogP contribution in [0.25, 0.3) is 0 Å². The highest BCUT2D eigenvalue weighted by atomic mass is 31.2. The molecule has 88 heavy (non-hydrogen) atoms. The van der Waals surface area contributed by atoms with E-state index in [0.29, 0.717) is 31.6 Å². The highest BCUT2D eigenvalue weighted by Gasteiger charge is 2.30. The molecule has 0 aromatic carbocycles. The van der Waals surface area contributed by atoms with Gasteiger partial charge >= 0.3 is 39.5 Å². The van der Waals surface area contributed by atoms with Gasteiger partial charge in [-0.1, -0.05) is 292 Å². The Hall–Kier alpha value is -1.94. The largest absolute Gasteiger partial charge is 0.472 e. The first-order chi connectivity index (χ1) is 42.3. The Morgan fingerprint density at radius 3 is 0.864 bits per heavy atom. The minimum atomic E-state index is -4.95. The van der Waals surface area contributed by atoms with Crippen molar-refractivity contribution in [3.05, 3.63) is 0 Å². The van der Waals surface area contributed by atoms with Crippen molar-refractivity contribution in [2.24, 2.45) is 17.8 Å². The summed E-state index contributed by atoms with van der Waals surface area (Å²) < 4.78 is 68.2. The Bertz CT molecular complexity index is 1730. The lowest BCUT2D eigenvalue weighted by Gasteiger charge is -2.21. The second kappa shape index (κ2) is 60.0. The summed E-state index contributed by atoms with van der Waals surface area (Å²) in [4.78, 5) is 72.4. The van der Waals surface area contributed by atoms with Crippen LogP contribution in [0.5, 0.6) is 0 Å². The molecule has 0 aromatic rings. The molecular formula is C69H134O17P2. The van der Waals surface area contributed by atoms with Crippen LogP contribution in [-0.2, 0) is 65.4 Å². The summed E-state index contributed by atoms with van der Waals surface area (Å²) in [6.07, 6.45) is 43.1. The van der Waals surface area contributed by atoms with Crippen molar-refractivity contribution in [1.82, 2.24) is 0 Å². The number of phosphoric ester groups is 2. The molecule has 0 spiro atoms. The van der Waals surface area contributed by atoms with Crippen LogP contribution in [0.3, 0.4) is 0 Å². The highest BCUT2D eigenvalue weighted by molar-refractivity contribution is 7.47. The molecule has 17 nitrogen and oxygen atoms in total. The van der Waals surface area contributed by atoms with E-state index in [9.17, 15) is 43.2 Å². The van der Waals surface area contributed by atoms with Crippen LogP contribution < -0.4 is 0 Å². The maximum atomic E-state index is 13.0. The molecule has 0 aliphatic heterocycles. The van der Waals surface area contributed by atoms with Crippen LogP contribution >= 0.6 is 15.6 Å². The van der Waals surface area contributed by atoms with Crippen LogP contribution in [-0.4, -0.2) is 96.7 Å². The first-order valence-corrected chi connectivity index (χ1v) is 38.9. The first-order valence-electron chi connectivity index (χ1n) is 35.9. The van der Waals surface area contributed by atoms with E-state index in [1.807, 2.05) is 0 Å². The number of unbranched alkanes of at least 4 members (excludes halogenated alkanes) is 34. The summed E-state index contributed by atoms with van der Waals surface area (Å²) in [5.41, 5.74) is 0. The topological polar surface area (TPSA) is 237 Å². The SMILES string of the molecule is CCCCCCCCCCCC(=O)OC[C@H](COP(=O)(O)OC[C@H](O)COP(=O)(O)OC[C@@H](COC(=O)CCCCCCCCCCCCC(C)CC)OC(=O)CCCCCCCCCCCCCCCC(C)C)OC(=O)CCCCCCCCC(C)C. The van der Waals surface area contributed by atoms with E-state index >= 15 is 0 Å². The Balaban J connectivity index is 5.23. The van der Waals surface area contributed by atoms with Gasteiger partial charge in [0.25, 0.3) is 0 Å². The van der Waals surface area contributed by atoms with Gasteiger partial charge in [0, 0.05) is 25.7 Å². The van der Waals surface area contributed by atoms with Crippen molar-refractivity contribution in [2.75, 3.05) is 39.6 Å². The number of rotatable bonds is 67. The molecule has 6 atom stereocenters. The zero-order valence-corrected chi connectivity index (χ0v) is 59.0. The third-order valence-corrected chi connectivity index (χ3v) is 18.1. The molecule has 3 N–H and O–H groups in total. The van der Waals surface area contributed by atoms with E-state index in [1.165, 1.54) is 154 Å². The quantitative estimate of drug-likeness (QED) is 0.0222. The summed E-state index contributed by atoms with van der Waals surface area (Å²) in [5, 5.41) is 10.6. The van der Waals surface area contributed by atoms with E-state index in [2.05, 4.69) is 48.5 Å². The fourth-order valence-corrected chi connectivity index (χ4v) is 11.9. The molecule has 522 valence electrons. The third kappa shape index (κ3) is 61.6. The average Bonchev–Trinajstić information content (AvgIpc) is 3.56. The Kier molecular flexibility index (Phi) is 58.7. The number of phosphoric acid groups is 2. The number of aliphatic hydroxyl groups is 1. The van der Waals surface area contributed by atoms with Gasteiger partial charge in [-0.15, -0.1) is 0 Å². The monoisotopic (exact) mass is 1300 g/mol. The van der Waals surface area contributed by atoms with Crippen LogP contribution in [0.2, 0.25) is 0 Å². The summed E-state index contributed by atoms with van der Waals surface area (Å²) >= 11 is 0. The molecular weight excluding hydrogens is 1160 g/mol. The molecule has 19 heteroatoms. The maximum Gasteiger partial charge on any atom is 0.472 e. The molecule has 0 amide bonds. The molecule has 3 unspecified atom stereocenters. The molecule has 0 heterocycles. The minimum absolute atomic E-state index is 0.102. The number of esters is 4. The molecule has 0 fully saturated rings. The highest BCUT2D eigenvalue weighted by Crippen LogP contribution is 2.45. The van der Waals surface area contributed by atoms with E-state index < -0.39 is 97.5 Å². The third-order valence-electron chi connectivity index (χ3n) is 16.2. The molecule has 0 radical (unpaired) electrons. The predicted molar refractivity (Wildman–Crippen MR) is 354 cm³/mol. The lowest BCUT2D eigenvalue weighted by Crippen LogP contribution is -2.30. The van der Waals surface area contributed by atoms with E-state index in [-0.39, 0.29) is 25.7 Å². The van der Waals surface area contributed by atoms with Gasteiger partial charge in [-0.2, -0.15) is 0 Å². The second-order valence-electron chi connectivity index (χ2n) is 26.1. The normalized spacial score (nSPS) is 14.5. The van der Waals surface area contributed by atoms with Gasteiger partial charge in [-0.25, -0.2) is 9.13 Å². The van der Waals surface area contributed by atoms with Gasteiger partial charge in [0.1, 0.15) is 19.3 Å². The number of carbonyl (C=O) groups is 4. The lowest BCUT2D eigenvalue weighted by molar-refractivity contribution is -0.161. The second-order valence-corrected chi connectivity index (χ2v) is 29.0. The van der Waals surface area contributed by atoms with Crippen LogP contribution in [0.15, 0.2) is 0 Å². The van der Waals surface area contributed by atoms with Crippen molar-refractivity contribution < 1.29 is 80.2 Å². The molecule has 0 rings (SSSR count). The zero-order chi connectivity index (χ0) is 65.2. The molecule has 0 saturated carbocycles. The van der Waals surface area contributed by atoms with Crippen molar-refractivity contribution in [3.63, 3.8) is 0 Å². The molecule has 0 aliphatic carbocycles. The smallest absolute Gasteiger partial charge is 0.462 e. The summed E-state index contributed by atoms with van der Waals surface area (Å²) in [6.45, 7) is 11.8. The van der Waals surface area contributed by atoms with Gasteiger partial charge in [0.05, 0.1) is 26.4 Å². The lowest BCUT2D eigenvalue weighted by atomic mass is 9.99. The van der Waals surface area contributed by atoms with Crippen LogP contribution in [0, 0.1) is 17.8 Å². The number of hydrogen-bond donors (Lipinski definition) is 3. The molecule has 0 saturated heterocycles. The standard InChI is InChI=1S/C69H134O17P2/c1-8-10-11-12-13-21-28-36-43-50-66(71)79-57-65(86-69(74)53-46-39-32-31-34-41-48-61(5)6)59-84-88(77,78)82-55-63(70)54-81-87(75,76)83-58-64(56-80-67(72)51-44-37-29-24-20-19-23-27-35-42-49-62(7)9-2)85-68(73)52-45-38-30-25-18-16-14-15-17-22-26-33-40-47-60(3)4/h60-65,70H,8-59H2,1-7H3,(H,75,76)(H,77,78)/t62?,63-,64-,65-/m1/s1. The number of carbonyl (C=O) groups excluding carboxylic acids is 4. The number of hydrogen-bond acceptors (Lipinski definition) is 15. The Morgan fingerprint density at radius 2 is 0.580 bits per heavy atom. The van der Waals surface area contributed by atoms with Crippen LogP contribution in [0.1, 0.15) is 344 Å². The van der Waals surface area contributed by atoms with Gasteiger partial charge in [-0.05, 0) is 43.4 Å². The van der Waals surface area contributed by atoms with Crippen molar-refractivity contribution in [3.8, 4) is 0 Å². The Labute approximate surface area is 537 Å². The average molecular weight is 1300 g/mol. The zero-order valence-electron chi connectivity index (χ0n) is 57.2. The number of ether oxygens (including phenoxy) is 4. The fourth-order valence-electron chi connectivity index (χ4n) is 10.3. The van der Waals surface area contributed by atoms with E-state index in [1.54, 1.807) is 0 Å². The Morgan fingerprint density at radius 1 is 0.330 bits per heavy atom. The predicted octanol–water partition coefficient (Wildman–Crippen LogP) is 19.5. The van der Waals surface area contributed by atoms with E-state index in [4.69, 9.17) is 37.0 Å². The van der Waals surface area contributed by atoms with Gasteiger partial charge < -0.3 is 33.8 Å². The molecule has 0 aromatic heterocycles. The molecule has 0 bridgehead atoms. The van der Waals surface area contributed by atoms with Gasteiger partial charge in [0.15, 0.2) is 12.2 Å². The van der Waals surface area contributed by atoms with Crippen molar-refractivity contribution in [1.29, 1.82) is 0 Å². The van der Waals surface area contributed by atoms with Crippen LogP contribution in [0.4, 0.5) is 0 Å². The van der Waals surface area contributed by atoms with E-state index in [0.717, 1.165) is 102 Å². The molecule has 0 aliphatic rings. The minimum Gasteiger partial charge on any atom is -0.462 e. The maximum absolute atomic E-state index is 13.0. The summed E-state index contributed by atoms with van der Waals surface area (Å²) in [6, 6.07) is 0. The fraction of sp³-hybridized carbons (Fsp3) is 0.942. The van der Waals surface area contributed by atoms with Crippen molar-refractivity contribution in [2.45, 2.75) is 362 Å². The number of aliphatic hydroxyl groups excluding tert-OH is 1. The first kappa shape index (κ1) is 86.1.